The Hall–Kier alpha value is -2.36. The van der Waals surface area contributed by atoms with Crippen LogP contribution in [0.15, 0.2) is 48.6 Å². The van der Waals surface area contributed by atoms with Gasteiger partial charge in [-0.2, -0.15) is 0 Å². The lowest BCUT2D eigenvalue weighted by atomic mass is 10.1. The molecular formula is C17H22N2O2. The Morgan fingerprint density at radius 1 is 1.14 bits per heavy atom. The molecule has 4 heteroatoms. The van der Waals surface area contributed by atoms with Crippen LogP contribution in [0.4, 0.5) is 5.69 Å². The number of hydrogen-bond acceptors (Lipinski definition) is 2. The van der Waals surface area contributed by atoms with E-state index in [4.69, 9.17) is 0 Å². The fraction of sp³-hybridized carbons (Fsp3) is 0.294. The zero-order valence-corrected chi connectivity index (χ0v) is 12.7. The molecule has 0 atom stereocenters. The largest absolute Gasteiger partial charge is 0.348 e. The molecule has 0 aliphatic rings. The van der Waals surface area contributed by atoms with E-state index in [-0.39, 0.29) is 17.7 Å². The van der Waals surface area contributed by atoms with Crippen molar-refractivity contribution in [1.82, 2.24) is 5.32 Å². The van der Waals surface area contributed by atoms with Crippen molar-refractivity contribution >= 4 is 17.5 Å². The summed E-state index contributed by atoms with van der Waals surface area (Å²) in [6, 6.07) is 7.42. The molecule has 0 saturated heterocycles. The molecule has 0 unspecified atom stereocenters. The summed E-state index contributed by atoms with van der Waals surface area (Å²) in [5.41, 5.74) is 1.74. The highest BCUT2D eigenvalue weighted by molar-refractivity contribution is 5.92. The minimum Gasteiger partial charge on any atom is -0.348 e. The summed E-state index contributed by atoms with van der Waals surface area (Å²) in [7, 11) is 0. The number of nitrogens with one attached hydrogen (secondary N) is 2. The SMILES string of the molecule is C/C=C/C=C/C(=O)NCc1ccc(NC(=O)C(C)C)cc1. The van der Waals surface area contributed by atoms with Gasteiger partial charge in [-0.3, -0.25) is 9.59 Å². The Morgan fingerprint density at radius 2 is 1.81 bits per heavy atom. The quantitative estimate of drug-likeness (QED) is 0.624. The summed E-state index contributed by atoms with van der Waals surface area (Å²) < 4.78 is 0. The van der Waals surface area contributed by atoms with Gasteiger partial charge in [-0.25, -0.2) is 0 Å². The molecule has 0 radical (unpaired) electrons. The predicted octanol–water partition coefficient (Wildman–Crippen LogP) is 3.03. The fourth-order valence-corrected chi connectivity index (χ4v) is 1.49. The van der Waals surface area contributed by atoms with E-state index in [0.29, 0.717) is 6.54 Å². The number of hydrogen-bond donors (Lipinski definition) is 2. The highest BCUT2D eigenvalue weighted by atomic mass is 16.2. The second kappa shape index (κ2) is 8.74. The van der Waals surface area contributed by atoms with Crippen molar-refractivity contribution in [1.29, 1.82) is 0 Å². The van der Waals surface area contributed by atoms with Gasteiger partial charge in [0.25, 0.3) is 0 Å². The van der Waals surface area contributed by atoms with E-state index in [1.807, 2.05) is 51.1 Å². The van der Waals surface area contributed by atoms with Gasteiger partial charge < -0.3 is 10.6 Å². The van der Waals surface area contributed by atoms with Crippen LogP contribution in [-0.4, -0.2) is 11.8 Å². The minimum atomic E-state index is -0.134. The van der Waals surface area contributed by atoms with Crippen molar-refractivity contribution in [2.75, 3.05) is 5.32 Å². The topological polar surface area (TPSA) is 58.2 Å². The summed E-state index contributed by atoms with van der Waals surface area (Å²) in [5, 5.41) is 5.61. The molecule has 4 nitrogen and oxygen atoms in total. The van der Waals surface area contributed by atoms with E-state index in [0.717, 1.165) is 11.3 Å². The van der Waals surface area contributed by atoms with Crippen LogP contribution >= 0.6 is 0 Å². The van der Waals surface area contributed by atoms with Gasteiger partial charge in [0.05, 0.1) is 0 Å². The Morgan fingerprint density at radius 3 is 2.38 bits per heavy atom. The number of allylic oxidation sites excluding steroid dienone is 3. The molecule has 0 fully saturated rings. The van der Waals surface area contributed by atoms with Crippen LogP contribution in [0, 0.1) is 5.92 Å². The van der Waals surface area contributed by atoms with Crippen LogP contribution in [0.5, 0.6) is 0 Å². The van der Waals surface area contributed by atoms with Gasteiger partial charge in [0.15, 0.2) is 0 Å². The first-order valence-electron chi connectivity index (χ1n) is 7.00. The molecule has 0 spiro atoms. The highest BCUT2D eigenvalue weighted by Crippen LogP contribution is 2.10. The molecule has 21 heavy (non-hydrogen) atoms. The zero-order chi connectivity index (χ0) is 15.7. The van der Waals surface area contributed by atoms with Gasteiger partial charge in [0.1, 0.15) is 0 Å². The van der Waals surface area contributed by atoms with Crippen LogP contribution in [0.2, 0.25) is 0 Å². The molecule has 2 amide bonds. The van der Waals surface area contributed by atoms with E-state index < -0.39 is 0 Å². The zero-order valence-electron chi connectivity index (χ0n) is 12.7. The molecule has 0 saturated carbocycles. The average Bonchev–Trinajstić information content (AvgIpc) is 2.46. The molecular weight excluding hydrogens is 264 g/mol. The molecule has 0 heterocycles. The number of amides is 2. The van der Waals surface area contributed by atoms with Crippen LogP contribution in [0.1, 0.15) is 26.3 Å². The first-order valence-corrected chi connectivity index (χ1v) is 7.00. The van der Waals surface area contributed by atoms with E-state index in [1.165, 1.54) is 6.08 Å². The molecule has 112 valence electrons. The monoisotopic (exact) mass is 286 g/mol. The third kappa shape index (κ3) is 6.56. The van der Waals surface area contributed by atoms with E-state index >= 15 is 0 Å². The maximum absolute atomic E-state index is 11.6. The normalized spacial score (nSPS) is 11.2. The lowest BCUT2D eigenvalue weighted by Crippen LogP contribution is -2.20. The Labute approximate surface area is 125 Å². The van der Waals surface area contributed by atoms with Crippen LogP contribution < -0.4 is 10.6 Å². The Balaban J connectivity index is 2.48. The number of rotatable bonds is 6. The lowest BCUT2D eigenvalue weighted by molar-refractivity contribution is -0.119. The third-order valence-electron chi connectivity index (χ3n) is 2.76. The third-order valence-corrected chi connectivity index (χ3v) is 2.76. The van der Waals surface area contributed by atoms with E-state index in [2.05, 4.69) is 10.6 Å². The first-order chi connectivity index (χ1) is 10.0. The summed E-state index contributed by atoms with van der Waals surface area (Å²) in [4.78, 5) is 23.0. The van der Waals surface area contributed by atoms with Crippen LogP contribution in [-0.2, 0) is 16.1 Å². The van der Waals surface area contributed by atoms with Crippen molar-refractivity contribution < 1.29 is 9.59 Å². The summed E-state index contributed by atoms with van der Waals surface area (Å²) in [6.07, 6.45) is 6.83. The molecule has 1 rings (SSSR count). The van der Waals surface area contributed by atoms with Gasteiger partial charge in [0.2, 0.25) is 11.8 Å². The number of benzene rings is 1. The minimum absolute atomic E-state index is 0.00910. The maximum atomic E-state index is 11.6. The molecule has 0 aromatic heterocycles. The number of carbonyl (C=O) groups excluding carboxylic acids is 2. The second-order valence-electron chi connectivity index (χ2n) is 4.94. The van der Waals surface area contributed by atoms with Crippen LogP contribution in [0.3, 0.4) is 0 Å². The van der Waals surface area contributed by atoms with Gasteiger partial charge in [-0.1, -0.05) is 44.2 Å². The van der Waals surface area contributed by atoms with Gasteiger partial charge in [-0.15, -0.1) is 0 Å². The molecule has 1 aromatic carbocycles. The van der Waals surface area contributed by atoms with Gasteiger partial charge >= 0.3 is 0 Å². The van der Waals surface area contributed by atoms with Crippen molar-refractivity contribution in [3.63, 3.8) is 0 Å². The summed E-state index contributed by atoms with van der Waals surface area (Å²) in [6.45, 7) is 6.04. The van der Waals surface area contributed by atoms with Crippen molar-refractivity contribution in [2.45, 2.75) is 27.3 Å². The second-order valence-corrected chi connectivity index (χ2v) is 4.94. The Kier molecular flexibility index (Phi) is 6.95. The highest BCUT2D eigenvalue weighted by Gasteiger charge is 2.06. The van der Waals surface area contributed by atoms with Crippen molar-refractivity contribution in [3.05, 3.63) is 54.1 Å². The number of anilines is 1. The first kappa shape index (κ1) is 16.7. The fourth-order valence-electron chi connectivity index (χ4n) is 1.49. The smallest absolute Gasteiger partial charge is 0.244 e. The van der Waals surface area contributed by atoms with Crippen LogP contribution in [0.25, 0.3) is 0 Å². The van der Waals surface area contributed by atoms with E-state index in [9.17, 15) is 9.59 Å². The lowest BCUT2D eigenvalue weighted by Gasteiger charge is -2.08. The maximum Gasteiger partial charge on any atom is 0.244 e. The summed E-state index contributed by atoms with van der Waals surface area (Å²) in [5.74, 6) is -0.191. The predicted molar refractivity (Wildman–Crippen MR) is 85.7 cm³/mol. The van der Waals surface area contributed by atoms with Crippen molar-refractivity contribution in [3.8, 4) is 0 Å². The average molecular weight is 286 g/mol. The standard InChI is InChI=1S/C17H22N2O2/c1-4-5-6-7-16(20)18-12-14-8-10-15(11-9-14)19-17(21)13(2)3/h4-11,13H,12H2,1-3H3,(H,18,20)(H,19,21)/b5-4+,7-6+. The van der Waals surface area contributed by atoms with Gasteiger partial charge in [0, 0.05) is 24.2 Å². The number of carbonyl (C=O) groups is 2. The Bertz CT molecular complexity index is 528. The van der Waals surface area contributed by atoms with Crippen molar-refractivity contribution in [2.24, 2.45) is 5.92 Å². The molecule has 0 aliphatic carbocycles. The molecule has 2 N–H and O–H groups in total. The van der Waals surface area contributed by atoms with Gasteiger partial charge in [-0.05, 0) is 24.6 Å². The molecule has 0 bridgehead atoms. The summed E-state index contributed by atoms with van der Waals surface area (Å²) >= 11 is 0. The van der Waals surface area contributed by atoms with E-state index in [1.54, 1.807) is 12.2 Å². The molecule has 0 aliphatic heterocycles. The molecule has 1 aromatic rings.